The van der Waals surface area contributed by atoms with E-state index in [9.17, 15) is 4.79 Å². The summed E-state index contributed by atoms with van der Waals surface area (Å²) in [5.74, 6) is 0.722. The van der Waals surface area contributed by atoms with Gasteiger partial charge in [-0.3, -0.25) is 4.90 Å². The Morgan fingerprint density at radius 2 is 1.75 bits per heavy atom. The fourth-order valence-corrected chi connectivity index (χ4v) is 3.77. The molecular formula is C24H23ClN4O2S. The maximum absolute atomic E-state index is 12.8. The van der Waals surface area contributed by atoms with E-state index in [2.05, 4.69) is 5.32 Å². The van der Waals surface area contributed by atoms with Crippen molar-refractivity contribution < 1.29 is 9.53 Å². The van der Waals surface area contributed by atoms with Crippen molar-refractivity contribution >= 4 is 46.3 Å². The first-order chi connectivity index (χ1) is 15.5. The highest BCUT2D eigenvalue weighted by Crippen LogP contribution is 2.24. The van der Waals surface area contributed by atoms with Crippen LogP contribution in [0.4, 0.5) is 16.2 Å². The molecule has 0 unspecified atom stereocenters. The van der Waals surface area contributed by atoms with Gasteiger partial charge in [-0.05, 0) is 59.7 Å². The minimum Gasteiger partial charge on any atom is -0.489 e. The summed E-state index contributed by atoms with van der Waals surface area (Å²) in [4.78, 5) is 16.4. The summed E-state index contributed by atoms with van der Waals surface area (Å²) in [6.07, 6.45) is 0. The Hall–Kier alpha value is -3.29. The molecule has 0 bridgehead atoms. The molecule has 8 heteroatoms. The third-order valence-corrected chi connectivity index (χ3v) is 5.49. The third-order valence-electron chi connectivity index (χ3n) is 5.14. The van der Waals surface area contributed by atoms with E-state index in [-0.39, 0.29) is 11.1 Å². The average Bonchev–Trinajstić information content (AvgIpc) is 3.14. The lowest BCUT2D eigenvalue weighted by molar-refractivity contribution is 0.218. The van der Waals surface area contributed by atoms with Gasteiger partial charge in [-0.15, -0.1) is 0 Å². The van der Waals surface area contributed by atoms with E-state index in [1.165, 1.54) is 0 Å². The number of nitrogens with zero attached hydrogens (tertiary/aromatic N) is 2. The van der Waals surface area contributed by atoms with Crippen molar-refractivity contribution in [2.24, 2.45) is 5.73 Å². The highest BCUT2D eigenvalue weighted by molar-refractivity contribution is 7.80. The minimum atomic E-state index is 0.00480. The zero-order valence-corrected chi connectivity index (χ0v) is 18.9. The number of carbonyl (C=O) groups is 1. The molecule has 3 N–H and O–H groups in total. The van der Waals surface area contributed by atoms with Crippen LogP contribution in [0.15, 0.2) is 72.8 Å². The summed E-state index contributed by atoms with van der Waals surface area (Å²) >= 11 is 10.8. The average molecular weight is 467 g/mol. The van der Waals surface area contributed by atoms with E-state index < -0.39 is 0 Å². The van der Waals surface area contributed by atoms with Gasteiger partial charge < -0.3 is 20.7 Å². The fourth-order valence-electron chi connectivity index (χ4n) is 3.52. The first kappa shape index (κ1) is 21.9. The zero-order chi connectivity index (χ0) is 22.5. The Labute approximate surface area is 197 Å². The van der Waals surface area contributed by atoms with Gasteiger partial charge >= 0.3 is 6.03 Å². The predicted octanol–water partition coefficient (Wildman–Crippen LogP) is 5.02. The summed E-state index contributed by atoms with van der Waals surface area (Å²) in [5, 5.41) is 3.76. The number of carbonyl (C=O) groups excluding carboxylic acids is 1. The number of benzene rings is 3. The molecule has 1 fully saturated rings. The van der Waals surface area contributed by atoms with Gasteiger partial charge in [0.1, 0.15) is 12.4 Å². The number of nitrogens with one attached hydrogen (secondary N) is 1. The van der Waals surface area contributed by atoms with Crippen molar-refractivity contribution in [2.75, 3.05) is 23.3 Å². The van der Waals surface area contributed by atoms with Crippen molar-refractivity contribution in [3.8, 4) is 5.75 Å². The molecule has 4 rings (SSSR count). The van der Waals surface area contributed by atoms with Crippen LogP contribution in [0.3, 0.4) is 0 Å². The molecule has 2 amide bonds. The molecule has 0 aromatic heterocycles. The van der Waals surface area contributed by atoms with Crippen LogP contribution in [-0.4, -0.2) is 29.1 Å². The molecule has 32 heavy (non-hydrogen) atoms. The lowest BCUT2D eigenvalue weighted by atomic mass is 10.1. The number of thiocarbonyl (C=S) groups is 1. The van der Waals surface area contributed by atoms with Crippen LogP contribution in [0.5, 0.6) is 5.75 Å². The molecule has 0 radical (unpaired) electrons. The first-order valence-corrected chi connectivity index (χ1v) is 11.0. The quantitative estimate of drug-likeness (QED) is 0.478. The second kappa shape index (κ2) is 9.89. The van der Waals surface area contributed by atoms with Crippen molar-refractivity contribution in [2.45, 2.75) is 13.2 Å². The third kappa shape index (κ3) is 5.49. The maximum atomic E-state index is 12.8. The smallest absolute Gasteiger partial charge is 0.324 e. The van der Waals surface area contributed by atoms with E-state index in [0.717, 1.165) is 28.3 Å². The summed E-state index contributed by atoms with van der Waals surface area (Å²) in [6, 6.07) is 22.9. The van der Waals surface area contributed by atoms with Gasteiger partial charge in [0.05, 0.1) is 0 Å². The standard InChI is InChI=1S/C24H23ClN4O2S/c25-19-8-10-21(11-9-19)29-13-12-28(24(29)30)15-17-4-6-18(7-5-17)16-31-22-3-1-2-20(14-22)27-23(26)32/h1-11,14H,12-13,15-16H2,(H3,26,27,32). The molecule has 1 aliphatic rings. The van der Waals surface area contributed by atoms with Gasteiger partial charge in [0.15, 0.2) is 5.11 Å². The van der Waals surface area contributed by atoms with Crippen molar-refractivity contribution in [1.29, 1.82) is 0 Å². The van der Waals surface area contributed by atoms with Gasteiger partial charge in [-0.2, -0.15) is 0 Å². The molecule has 0 aliphatic carbocycles. The SMILES string of the molecule is NC(=S)Nc1cccc(OCc2ccc(CN3CCN(c4ccc(Cl)cc4)C3=O)cc2)c1. The van der Waals surface area contributed by atoms with Crippen LogP contribution in [0, 0.1) is 0 Å². The van der Waals surface area contributed by atoms with E-state index in [1.807, 2.05) is 65.6 Å². The molecular weight excluding hydrogens is 444 g/mol. The molecule has 0 saturated carbocycles. The van der Waals surface area contributed by atoms with Gasteiger partial charge in [0.25, 0.3) is 0 Å². The Kier molecular flexibility index (Phi) is 6.78. The number of nitrogens with two attached hydrogens (primary N) is 1. The number of halogens is 1. The van der Waals surface area contributed by atoms with Crippen molar-refractivity contribution in [3.63, 3.8) is 0 Å². The Morgan fingerprint density at radius 3 is 2.47 bits per heavy atom. The lowest BCUT2D eigenvalue weighted by Gasteiger charge is -2.19. The number of hydrogen-bond donors (Lipinski definition) is 2. The molecule has 1 heterocycles. The Bertz CT molecular complexity index is 1110. The molecule has 164 valence electrons. The van der Waals surface area contributed by atoms with Crippen LogP contribution in [0.2, 0.25) is 5.02 Å². The molecule has 0 atom stereocenters. The predicted molar refractivity (Wildman–Crippen MR) is 132 cm³/mol. The Balaban J connectivity index is 1.32. The number of urea groups is 1. The van der Waals surface area contributed by atoms with E-state index in [4.69, 9.17) is 34.3 Å². The van der Waals surface area contributed by atoms with Crippen LogP contribution in [-0.2, 0) is 13.2 Å². The van der Waals surface area contributed by atoms with Gasteiger partial charge in [0.2, 0.25) is 0 Å². The second-order valence-corrected chi connectivity index (χ2v) is 8.33. The van der Waals surface area contributed by atoms with Gasteiger partial charge in [-0.1, -0.05) is 41.9 Å². The van der Waals surface area contributed by atoms with Crippen LogP contribution < -0.4 is 20.7 Å². The van der Waals surface area contributed by atoms with Gasteiger partial charge in [-0.25, -0.2) is 4.79 Å². The molecule has 3 aromatic rings. The lowest BCUT2D eigenvalue weighted by Crippen LogP contribution is -2.31. The van der Waals surface area contributed by atoms with E-state index in [0.29, 0.717) is 31.3 Å². The highest BCUT2D eigenvalue weighted by atomic mass is 35.5. The number of anilines is 2. The van der Waals surface area contributed by atoms with Gasteiger partial charge in [0, 0.05) is 42.1 Å². The number of amides is 2. The molecule has 3 aromatic carbocycles. The zero-order valence-electron chi connectivity index (χ0n) is 17.3. The largest absolute Gasteiger partial charge is 0.489 e. The summed E-state index contributed by atoms with van der Waals surface area (Å²) in [6.45, 7) is 2.35. The first-order valence-electron chi connectivity index (χ1n) is 10.2. The van der Waals surface area contributed by atoms with Crippen molar-refractivity contribution in [3.05, 3.63) is 88.9 Å². The second-order valence-electron chi connectivity index (χ2n) is 7.45. The minimum absolute atomic E-state index is 0.00480. The summed E-state index contributed by atoms with van der Waals surface area (Å²) < 4.78 is 5.87. The van der Waals surface area contributed by atoms with Crippen LogP contribution >= 0.6 is 23.8 Å². The number of rotatable bonds is 7. The monoisotopic (exact) mass is 466 g/mol. The van der Waals surface area contributed by atoms with Crippen LogP contribution in [0.1, 0.15) is 11.1 Å². The van der Waals surface area contributed by atoms with Crippen LogP contribution in [0.25, 0.3) is 0 Å². The topological polar surface area (TPSA) is 70.8 Å². The molecule has 1 saturated heterocycles. The van der Waals surface area contributed by atoms with Crippen molar-refractivity contribution in [1.82, 2.24) is 4.90 Å². The molecule has 6 nitrogen and oxygen atoms in total. The molecule has 0 spiro atoms. The van der Waals surface area contributed by atoms with E-state index in [1.54, 1.807) is 17.0 Å². The molecule has 1 aliphatic heterocycles. The summed E-state index contributed by atoms with van der Waals surface area (Å²) in [7, 11) is 0. The fraction of sp³-hybridized carbons (Fsp3) is 0.167. The summed E-state index contributed by atoms with van der Waals surface area (Å²) in [5.41, 5.74) is 9.27. The normalized spacial score (nSPS) is 13.3. The Morgan fingerprint density at radius 1 is 1.03 bits per heavy atom. The van der Waals surface area contributed by atoms with E-state index >= 15 is 0 Å². The number of hydrogen-bond acceptors (Lipinski definition) is 3. The maximum Gasteiger partial charge on any atom is 0.324 e. The highest BCUT2D eigenvalue weighted by Gasteiger charge is 2.29. The number of ether oxygens (including phenoxy) is 1.